The summed E-state index contributed by atoms with van der Waals surface area (Å²) in [6.07, 6.45) is 1.11. The van der Waals surface area contributed by atoms with Crippen LogP contribution < -0.4 is 4.90 Å². The second-order valence-electron chi connectivity index (χ2n) is 3.71. The van der Waals surface area contributed by atoms with Crippen LogP contribution in [0.1, 0.15) is 11.3 Å². The van der Waals surface area contributed by atoms with Crippen LogP contribution in [0.25, 0.3) is 0 Å². The first kappa shape index (κ1) is 11.9. The highest BCUT2D eigenvalue weighted by atomic mass is 32.2. The third-order valence-corrected chi connectivity index (χ3v) is 2.94. The minimum absolute atomic E-state index is 0.116. The largest absolute Gasteiger partial charge is 0.362 e. The lowest BCUT2D eigenvalue weighted by molar-refractivity contribution is 0.592. The molecule has 6 heteroatoms. The van der Waals surface area contributed by atoms with Gasteiger partial charge in [0, 0.05) is 31.6 Å². The van der Waals surface area contributed by atoms with Crippen LogP contribution in [-0.2, 0) is 9.84 Å². The van der Waals surface area contributed by atoms with Crippen molar-refractivity contribution in [3.05, 3.63) is 11.3 Å². The fourth-order valence-corrected chi connectivity index (χ4v) is 1.74. The van der Waals surface area contributed by atoms with Gasteiger partial charge in [-0.05, 0) is 13.8 Å². The molecule has 0 spiro atoms. The molecule has 0 aliphatic carbocycles. The lowest BCUT2D eigenvalue weighted by Crippen LogP contribution is -2.16. The van der Waals surface area contributed by atoms with E-state index >= 15 is 0 Å². The first-order valence-electron chi connectivity index (χ1n) is 4.46. The molecule has 1 aromatic heterocycles. The second kappa shape index (κ2) is 3.77. The Bertz CT molecular complexity index is 480. The van der Waals surface area contributed by atoms with Crippen LogP contribution in [0.5, 0.6) is 0 Å². The lowest BCUT2D eigenvalue weighted by atomic mass is 10.2. The molecule has 0 aromatic carbocycles. The molecule has 0 fully saturated rings. The maximum atomic E-state index is 11.3. The molecule has 0 radical (unpaired) electrons. The van der Waals surface area contributed by atoms with Gasteiger partial charge in [0.2, 0.25) is 15.0 Å². The summed E-state index contributed by atoms with van der Waals surface area (Å²) in [7, 11) is 0.294. The zero-order valence-corrected chi connectivity index (χ0v) is 10.4. The number of hydrogen-bond donors (Lipinski definition) is 0. The smallest absolute Gasteiger partial charge is 0.248 e. The Labute approximate surface area is 90.1 Å². The highest BCUT2D eigenvalue weighted by Crippen LogP contribution is 2.18. The summed E-state index contributed by atoms with van der Waals surface area (Å²) in [4.78, 5) is 9.77. The molecule has 0 atom stereocenters. The van der Waals surface area contributed by atoms with Crippen molar-refractivity contribution in [3.63, 3.8) is 0 Å². The number of aromatic nitrogens is 2. The highest BCUT2D eigenvalue weighted by molar-refractivity contribution is 7.90. The van der Waals surface area contributed by atoms with Crippen LogP contribution in [0, 0.1) is 13.8 Å². The molecule has 0 aliphatic heterocycles. The molecule has 0 N–H and O–H groups in total. The van der Waals surface area contributed by atoms with Gasteiger partial charge in [0.25, 0.3) is 0 Å². The van der Waals surface area contributed by atoms with Crippen LogP contribution in [0.2, 0.25) is 0 Å². The van der Waals surface area contributed by atoms with Crippen molar-refractivity contribution in [1.82, 2.24) is 9.97 Å². The van der Waals surface area contributed by atoms with Gasteiger partial charge < -0.3 is 4.90 Å². The summed E-state index contributed by atoms with van der Waals surface area (Å²) in [6, 6.07) is 0. The molecule has 0 saturated carbocycles. The topological polar surface area (TPSA) is 63.2 Å². The van der Waals surface area contributed by atoms with E-state index in [1.54, 1.807) is 11.8 Å². The van der Waals surface area contributed by atoms with Gasteiger partial charge >= 0.3 is 0 Å². The normalized spacial score (nSPS) is 11.5. The van der Waals surface area contributed by atoms with Crippen LogP contribution in [0.15, 0.2) is 5.16 Å². The molecule has 1 heterocycles. The molecule has 0 unspecified atom stereocenters. The molecule has 15 heavy (non-hydrogen) atoms. The summed E-state index contributed by atoms with van der Waals surface area (Å²) >= 11 is 0. The van der Waals surface area contributed by atoms with E-state index in [1.165, 1.54) is 0 Å². The van der Waals surface area contributed by atoms with E-state index in [9.17, 15) is 8.42 Å². The minimum Gasteiger partial charge on any atom is -0.362 e. The molecule has 1 aromatic rings. The van der Waals surface area contributed by atoms with Crippen molar-refractivity contribution in [2.24, 2.45) is 0 Å². The average Bonchev–Trinajstić information content (AvgIpc) is 2.06. The minimum atomic E-state index is -3.35. The Kier molecular flexibility index (Phi) is 2.99. The lowest BCUT2D eigenvalue weighted by Gasteiger charge is -2.16. The standard InChI is InChI=1S/C9H15N3O2S/c1-6-7(2)10-9(15(5,13)14)11-8(6)12(3)4/h1-5H3. The van der Waals surface area contributed by atoms with E-state index in [-0.39, 0.29) is 5.16 Å². The predicted molar refractivity (Wildman–Crippen MR) is 58.9 cm³/mol. The summed E-state index contributed by atoms with van der Waals surface area (Å²) in [5.74, 6) is 0.642. The van der Waals surface area contributed by atoms with Gasteiger partial charge in [0.05, 0.1) is 0 Å². The van der Waals surface area contributed by atoms with Gasteiger partial charge in [-0.2, -0.15) is 0 Å². The maximum absolute atomic E-state index is 11.3. The van der Waals surface area contributed by atoms with Gasteiger partial charge in [-0.25, -0.2) is 18.4 Å². The van der Waals surface area contributed by atoms with Crippen LogP contribution >= 0.6 is 0 Å². The second-order valence-corrected chi connectivity index (χ2v) is 5.62. The summed E-state index contributed by atoms with van der Waals surface area (Å²) in [6.45, 7) is 3.65. The molecule has 0 amide bonds. The molecule has 1 rings (SSSR count). The SMILES string of the molecule is Cc1nc(S(C)(=O)=O)nc(N(C)C)c1C. The Balaban J connectivity index is 3.50. The van der Waals surface area contributed by atoms with E-state index < -0.39 is 9.84 Å². The average molecular weight is 229 g/mol. The number of rotatable bonds is 2. The van der Waals surface area contributed by atoms with E-state index in [2.05, 4.69) is 9.97 Å². The monoisotopic (exact) mass is 229 g/mol. The number of anilines is 1. The molecule has 5 nitrogen and oxygen atoms in total. The predicted octanol–water partition coefficient (Wildman–Crippen LogP) is 0.563. The van der Waals surface area contributed by atoms with Gasteiger partial charge in [-0.1, -0.05) is 0 Å². The number of nitrogens with zero attached hydrogens (tertiary/aromatic N) is 3. The number of hydrogen-bond acceptors (Lipinski definition) is 5. The van der Waals surface area contributed by atoms with Crippen LogP contribution in [0.4, 0.5) is 5.82 Å². The van der Waals surface area contributed by atoms with Crippen LogP contribution in [0.3, 0.4) is 0 Å². The van der Waals surface area contributed by atoms with Crippen molar-refractivity contribution < 1.29 is 8.42 Å². The van der Waals surface area contributed by atoms with Gasteiger partial charge in [0.1, 0.15) is 5.82 Å². The molecular weight excluding hydrogens is 214 g/mol. The van der Waals surface area contributed by atoms with Gasteiger partial charge in [0.15, 0.2) is 0 Å². The Morgan fingerprint density at radius 1 is 1.13 bits per heavy atom. The first-order chi connectivity index (χ1) is 6.73. The van der Waals surface area contributed by atoms with Crippen molar-refractivity contribution in [2.45, 2.75) is 19.0 Å². The van der Waals surface area contributed by atoms with Crippen molar-refractivity contribution in [2.75, 3.05) is 25.3 Å². The summed E-state index contributed by atoms with van der Waals surface area (Å²) < 4.78 is 22.7. The van der Waals surface area contributed by atoms with E-state index in [4.69, 9.17) is 0 Å². The van der Waals surface area contributed by atoms with Crippen molar-refractivity contribution in [1.29, 1.82) is 0 Å². The van der Waals surface area contributed by atoms with E-state index in [0.717, 1.165) is 11.8 Å². The molecular formula is C9H15N3O2S. The van der Waals surface area contributed by atoms with Crippen LogP contribution in [-0.4, -0.2) is 38.7 Å². The van der Waals surface area contributed by atoms with E-state index in [0.29, 0.717) is 11.5 Å². The Morgan fingerprint density at radius 2 is 1.67 bits per heavy atom. The third kappa shape index (κ3) is 2.44. The molecule has 84 valence electrons. The maximum Gasteiger partial charge on any atom is 0.248 e. The molecule has 0 saturated heterocycles. The fourth-order valence-electron chi connectivity index (χ4n) is 1.19. The fraction of sp³-hybridized carbons (Fsp3) is 0.556. The summed E-state index contributed by atoms with van der Waals surface area (Å²) in [5.41, 5.74) is 1.58. The number of sulfone groups is 1. The quantitative estimate of drug-likeness (QED) is 0.693. The third-order valence-electron chi connectivity index (χ3n) is 2.10. The zero-order chi connectivity index (χ0) is 11.8. The number of aryl methyl sites for hydroxylation is 1. The Hall–Kier alpha value is -1.17. The zero-order valence-electron chi connectivity index (χ0n) is 9.57. The van der Waals surface area contributed by atoms with E-state index in [1.807, 2.05) is 21.0 Å². The van der Waals surface area contributed by atoms with Gasteiger partial charge in [-0.3, -0.25) is 0 Å². The van der Waals surface area contributed by atoms with Crippen molar-refractivity contribution in [3.8, 4) is 0 Å². The summed E-state index contributed by atoms with van der Waals surface area (Å²) in [5, 5.41) is -0.116. The highest BCUT2D eigenvalue weighted by Gasteiger charge is 2.16. The molecule has 0 bridgehead atoms. The Morgan fingerprint density at radius 3 is 2.07 bits per heavy atom. The molecule has 0 aliphatic rings. The van der Waals surface area contributed by atoms with Crippen molar-refractivity contribution >= 4 is 15.7 Å². The van der Waals surface area contributed by atoms with Gasteiger partial charge in [-0.15, -0.1) is 0 Å². The first-order valence-corrected chi connectivity index (χ1v) is 6.35.